The van der Waals surface area contributed by atoms with Crippen molar-refractivity contribution in [2.75, 3.05) is 5.33 Å². The van der Waals surface area contributed by atoms with E-state index >= 15 is 0 Å². The van der Waals surface area contributed by atoms with Gasteiger partial charge >= 0.3 is 5.97 Å². The third kappa shape index (κ3) is 3.49. The van der Waals surface area contributed by atoms with Crippen molar-refractivity contribution in [1.82, 2.24) is 4.98 Å². The van der Waals surface area contributed by atoms with E-state index in [9.17, 15) is 15.0 Å². The summed E-state index contributed by atoms with van der Waals surface area (Å²) in [4.78, 5) is 14.7. The first-order valence-electron chi connectivity index (χ1n) is 5.09. The summed E-state index contributed by atoms with van der Waals surface area (Å²) in [6, 6.07) is 1.53. The molecular formula is C11H14BrNO4. The second-order valence-electron chi connectivity index (χ2n) is 3.75. The Balaban J connectivity index is 3.10. The second-order valence-corrected chi connectivity index (χ2v) is 4.54. The van der Waals surface area contributed by atoms with Crippen LogP contribution < -0.4 is 0 Å². The highest BCUT2D eigenvalue weighted by atomic mass is 79.9. The average Bonchev–Trinajstić information content (AvgIpc) is 2.27. The minimum atomic E-state index is -1.24. The van der Waals surface area contributed by atoms with Crippen molar-refractivity contribution in [2.45, 2.75) is 25.6 Å². The molecule has 5 nitrogen and oxygen atoms in total. The molecule has 0 aliphatic carbocycles. The number of nitrogens with zero attached hydrogens (tertiary/aromatic N) is 1. The Morgan fingerprint density at radius 2 is 2.18 bits per heavy atom. The Kier molecular flexibility index (Phi) is 5.04. The number of pyridine rings is 1. The highest BCUT2D eigenvalue weighted by molar-refractivity contribution is 9.09. The molecule has 2 unspecified atom stereocenters. The number of rotatable bonds is 5. The first-order valence-corrected chi connectivity index (χ1v) is 6.21. The summed E-state index contributed by atoms with van der Waals surface area (Å²) in [6.07, 6.45) is -0.521. The number of hydrogen-bond acceptors (Lipinski definition) is 4. The third-order valence-corrected chi connectivity index (χ3v) is 2.80. The summed E-state index contributed by atoms with van der Waals surface area (Å²) in [6.45, 7) is 1.74. The van der Waals surface area contributed by atoms with Gasteiger partial charge in [-0.2, -0.15) is 0 Å². The van der Waals surface area contributed by atoms with E-state index in [0.29, 0.717) is 11.8 Å². The molecule has 0 aromatic carbocycles. The fraction of sp³-hybridized carbons (Fsp3) is 0.455. The molecule has 1 rings (SSSR count). The van der Waals surface area contributed by atoms with Crippen LogP contribution in [0.15, 0.2) is 12.3 Å². The van der Waals surface area contributed by atoms with Crippen LogP contribution in [0.2, 0.25) is 0 Å². The fourth-order valence-electron chi connectivity index (χ4n) is 1.47. The Morgan fingerprint density at radius 1 is 1.53 bits per heavy atom. The van der Waals surface area contributed by atoms with Gasteiger partial charge in [-0.1, -0.05) is 15.9 Å². The summed E-state index contributed by atoms with van der Waals surface area (Å²) in [5.41, 5.74) is 0.651. The van der Waals surface area contributed by atoms with E-state index in [4.69, 9.17) is 5.11 Å². The second kappa shape index (κ2) is 6.09. The highest BCUT2D eigenvalue weighted by Gasteiger charge is 2.24. The van der Waals surface area contributed by atoms with E-state index in [0.717, 1.165) is 5.56 Å². The molecule has 0 saturated heterocycles. The molecule has 0 radical (unpaired) electrons. The number of aromatic carboxylic acids is 1. The highest BCUT2D eigenvalue weighted by Crippen LogP contribution is 2.23. The molecule has 0 aliphatic rings. The van der Waals surface area contributed by atoms with Gasteiger partial charge in [0.25, 0.3) is 0 Å². The first-order chi connectivity index (χ1) is 7.97. The van der Waals surface area contributed by atoms with E-state index in [1.807, 2.05) is 0 Å². The average molecular weight is 304 g/mol. The van der Waals surface area contributed by atoms with Crippen LogP contribution >= 0.6 is 15.9 Å². The minimum Gasteiger partial charge on any atom is -0.477 e. The standard InChI is InChI=1S/C11H14BrNO4/c1-6-4-7(9(11(16)17)13-5-6)10(15)8(14)2-3-12/h4-5,8,10,14-15H,2-3H2,1H3,(H,16,17). The summed E-state index contributed by atoms with van der Waals surface area (Å²) < 4.78 is 0. The van der Waals surface area contributed by atoms with Gasteiger partial charge in [0.2, 0.25) is 0 Å². The Hall–Kier alpha value is -0.980. The molecule has 0 aliphatic heterocycles. The summed E-state index contributed by atoms with van der Waals surface area (Å²) in [5.74, 6) is -1.22. The van der Waals surface area contributed by atoms with Crippen LogP contribution in [-0.2, 0) is 0 Å². The van der Waals surface area contributed by atoms with Crippen LogP contribution in [0.25, 0.3) is 0 Å². The summed E-state index contributed by atoms with van der Waals surface area (Å²) in [7, 11) is 0. The molecule has 2 atom stereocenters. The van der Waals surface area contributed by atoms with E-state index in [1.54, 1.807) is 6.92 Å². The van der Waals surface area contributed by atoms with Gasteiger partial charge in [-0.05, 0) is 25.0 Å². The molecule has 3 N–H and O–H groups in total. The smallest absolute Gasteiger partial charge is 0.354 e. The number of carboxylic acids is 1. The van der Waals surface area contributed by atoms with Crippen molar-refractivity contribution in [3.8, 4) is 0 Å². The number of aromatic nitrogens is 1. The maximum Gasteiger partial charge on any atom is 0.354 e. The van der Waals surface area contributed by atoms with E-state index in [2.05, 4.69) is 20.9 Å². The lowest BCUT2D eigenvalue weighted by atomic mass is 10.00. The van der Waals surface area contributed by atoms with Crippen LogP contribution in [-0.4, -0.2) is 37.7 Å². The molecule has 1 aromatic rings. The SMILES string of the molecule is Cc1cnc(C(=O)O)c(C(O)C(O)CCBr)c1. The predicted molar refractivity (Wildman–Crippen MR) is 65.3 cm³/mol. The Labute approximate surface area is 107 Å². The molecule has 0 fully saturated rings. The van der Waals surface area contributed by atoms with Crippen molar-refractivity contribution in [2.24, 2.45) is 0 Å². The van der Waals surface area contributed by atoms with Gasteiger partial charge in [0.05, 0.1) is 6.10 Å². The van der Waals surface area contributed by atoms with Gasteiger partial charge in [-0.15, -0.1) is 0 Å². The number of aryl methyl sites for hydroxylation is 1. The fourth-order valence-corrected chi connectivity index (χ4v) is 1.94. The van der Waals surface area contributed by atoms with E-state index in [-0.39, 0.29) is 11.3 Å². The molecule has 0 bridgehead atoms. The summed E-state index contributed by atoms with van der Waals surface area (Å²) in [5, 5.41) is 29.0. The Bertz CT molecular complexity index is 410. The molecule has 6 heteroatoms. The normalized spacial score (nSPS) is 14.4. The number of aliphatic hydroxyl groups is 2. The lowest BCUT2D eigenvalue weighted by molar-refractivity contribution is 0.0160. The van der Waals surface area contributed by atoms with E-state index < -0.39 is 18.2 Å². The Morgan fingerprint density at radius 3 is 2.71 bits per heavy atom. The van der Waals surface area contributed by atoms with Crippen LogP contribution in [0, 0.1) is 6.92 Å². The number of carbonyl (C=O) groups is 1. The molecule has 0 spiro atoms. The monoisotopic (exact) mass is 303 g/mol. The van der Waals surface area contributed by atoms with E-state index in [1.165, 1.54) is 12.3 Å². The largest absolute Gasteiger partial charge is 0.477 e. The maximum atomic E-state index is 11.0. The van der Waals surface area contributed by atoms with Gasteiger partial charge < -0.3 is 15.3 Å². The van der Waals surface area contributed by atoms with Gasteiger partial charge in [0.1, 0.15) is 6.10 Å². The van der Waals surface area contributed by atoms with Crippen molar-refractivity contribution in [3.05, 3.63) is 29.1 Å². The van der Waals surface area contributed by atoms with Crippen LogP contribution in [0.4, 0.5) is 0 Å². The predicted octanol–water partition coefficient (Wildman–Crippen LogP) is 1.27. The number of alkyl halides is 1. The van der Waals surface area contributed by atoms with Gasteiger partial charge in [0.15, 0.2) is 5.69 Å². The first kappa shape index (κ1) is 14.1. The van der Waals surface area contributed by atoms with Crippen LogP contribution in [0.5, 0.6) is 0 Å². The van der Waals surface area contributed by atoms with Crippen molar-refractivity contribution in [1.29, 1.82) is 0 Å². The zero-order chi connectivity index (χ0) is 13.0. The van der Waals surface area contributed by atoms with Gasteiger partial charge in [-0.25, -0.2) is 9.78 Å². The number of halogens is 1. The lowest BCUT2D eigenvalue weighted by Gasteiger charge is -2.18. The quantitative estimate of drug-likeness (QED) is 0.713. The van der Waals surface area contributed by atoms with Gasteiger partial charge in [-0.3, -0.25) is 0 Å². The number of aliphatic hydroxyl groups excluding tert-OH is 2. The third-order valence-electron chi connectivity index (χ3n) is 2.34. The molecule has 17 heavy (non-hydrogen) atoms. The molecular weight excluding hydrogens is 290 g/mol. The number of carboxylic acid groups (broad SMARTS) is 1. The van der Waals surface area contributed by atoms with Crippen molar-refractivity contribution < 1.29 is 20.1 Å². The molecule has 0 amide bonds. The lowest BCUT2D eigenvalue weighted by Crippen LogP contribution is -2.22. The molecule has 1 aromatic heterocycles. The van der Waals surface area contributed by atoms with Crippen molar-refractivity contribution >= 4 is 21.9 Å². The molecule has 94 valence electrons. The van der Waals surface area contributed by atoms with Crippen LogP contribution in [0.3, 0.4) is 0 Å². The molecule has 1 heterocycles. The zero-order valence-electron chi connectivity index (χ0n) is 9.30. The topological polar surface area (TPSA) is 90.7 Å². The van der Waals surface area contributed by atoms with Crippen LogP contribution in [0.1, 0.15) is 34.1 Å². The van der Waals surface area contributed by atoms with Gasteiger partial charge in [0, 0.05) is 17.1 Å². The summed E-state index contributed by atoms with van der Waals surface area (Å²) >= 11 is 3.15. The number of hydrogen-bond donors (Lipinski definition) is 3. The maximum absolute atomic E-state index is 11.0. The van der Waals surface area contributed by atoms with Crippen molar-refractivity contribution in [3.63, 3.8) is 0 Å². The molecule has 0 saturated carbocycles. The minimum absolute atomic E-state index is 0.144. The zero-order valence-corrected chi connectivity index (χ0v) is 10.9.